The Morgan fingerprint density at radius 1 is 0.926 bits per heavy atom. The third-order valence-corrected chi connectivity index (χ3v) is 5.65. The molecule has 0 atom stereocenters. The van der Waals surface area contributed by atoms with Crippen LogP contribution in [0.2, 0.25) is 0 Å². The average molecular weight is 377 g/mol. The molecular weight excluding hydrogens is 352 g/mol. The van der Waals surface area contributed by atoms with Crippen LogP contribution in [0.25, 0.3) is 11.3 Å². The molecular formula is C22H24N4S. The summed E-state index contributed by atoms with van der Waals surface area (Å²) in [6, 6.07) is 21.1. The number of nitrogens with zero attached hydrogens (tertiary/aromatic N) is 2. The summed E-state index contributed by atoms with van der Waals surface area (Å²) in [6.45, 7) is 0. The monoisotopic (exact) mass is 376 g/mol. The van der Waals surface area contributed by atoms with Crippen molar-refractivity contribution in [3.05, 3.63) is 60.7 Å². The van der Waals surface area contributed by atoms with Crippen LogP contribution in [0, 0.1) is 0 Å². The number of hydrogen-bond donors (Lipinski definition) is 2. The molecule has 1 saturated carbocycles. The second-order valence-corrected chi connectivity index (χ2v) is 7.63. The first-order chi connectivity index (χ1) is 13.3. The maximum absolute atomic E-state index is 4.78. The van der Waals surface area contributed by atoms with E-state index in [2.05, 4.69) is 47.2 Å². The molecule has 0 spiro atoms. The van der Waals surface area contributed by atoms with Gasteiger partial charge in [-0.3, -0.25) is 0 Å². The van der Waals surface area contributed by atoms with Crippen LogP contribution >= 0.6 is 11.8 Å². The minimum atomic E-state index is 0.474. The van der Waals surface area contributed by atoms with Crippen LogP contribution in [-0.2, 0) is 0 Å². The molecule has 1 fully saturated rings. The molecule has 27 heavy (non-hydrogen) atoms. The fourth-order valence-corrected chi connectivity index (χ4v) is 4.02. The molecule has 0 amide bonds. The van der Waals surface area contributed by atoms with Crippen LogP contribution in [0.5, 0.6) is 0 Å². The van der Waals surface area contributed by atoms with Crippen molar-refractivity contribution >= 4 is 29.2 Å². The van der Waals surface area contributed by atoms with Crippen molar-refractivity contribution in [3.63, 3.8) is 0 Å². The summed E-state index contributed by atoms with van der Waals surface area (Å²) in [7, 11) is 0. The van der Waals surface area contributed by atoms with E-state index >= 15 is 0 Å². The van der Waals surface area contributed by atoms with Gasteiger partial charge in [-0.1, -0.05) is 55.3 Å². The van der Waals surface area contributed by atoms with Crippen molar-refractivity contribution in [1.82, 2.24) is 9.97 Å². The lowest BCUT2D eigenvalue weighted by Gasteiger charge is -2.16. The fourth-order valence-electron chi connectivity index (χ4n) is 3.47. The van der Waals surface area contributed by atoms with Crippen LogP contribution in [0.15, 0.2) is 65.6 Å². The highest BCUT2D eigenvalue weighted by Gasteiger charge is 2.17. The molecule has 2 N–H and O–H groups in total. The normalized spacial score (nSPS) is 14.3. The number of aromatic nitrogens is 2. The highest BCUT2D eigenvalue weighted by atomic mass is 32.2. The highest BCUT2D eigenvalue weighted by Crippen LogP contribution is 2.30. The Morgan fingerprint density at radius 3 is 2.44 bits per heavy atom. The topological polar surface area (TPSA) is 49.8 Å². The molecule has 0 radical (unpaired) electrons. The van der Waals surface area contributed by atoms with Gasteiger partial charge in [0.15, 0.2) is 0 Å². The van der Waals surface area contributed by atoms with Crippen LogP contribution in [0.1, 0.15) is 25.7 Å². The first-order valence-electron chi connectivity index (χ1n) is 9.43. The molecule has 4 nitrogen and oxygen atoms in total. The molecule has 138 valence electrons. The molecule has 1 aliphatic carbocycles. The van der Waals surface area contributed by atoms with Gasteiger partial charge in [-0.2, -0.15) is 4.98 Å². The number of anilines is 3. The van der Waals surface area contributed by atoms with Gasteiger partial charge in [-0.25, -0.2) is 4.98 Å². The molecule has 3 aromatic rings. The zero-order valence-electron chi connectivity index (χ0n) is 15.5. The lowest BCUT2D eigenvalue weighted by Crippen LogP contribution is -2.17. The maximum Gasteiger partial charge on any atom is 0.225 e. The van der Waals surface area contributed by atoms with Crippen molar-refractivity contribution in [1.29, 1.82) is 0 Å². The Bertz CT molecular complexity index is 892. The number of benzene rings is 2. The quantitative estimate of drug-likeness (QED) is 0.520. The van der Waals surface area contributed by atoms with Crippen molar-refractivity contribution in [2.75, 3.05) is 16.9 Å². The Hall–Kier alpha value is -2.53. The molecule has 5 heteroatoms. The molecule has 4 rings (SSSR count). The predicted octanol–water partition coefficient (Wildman–Crippen LogP) is 5.96. The van der Waals surface area contributed by atoms with E-state index in [0.717, 1.165) is 22.8 Å². The number of hydrogen-bond acceptors (Lipinski definition) is 5. The van der Waals surface area contributed by atoms with Gasteiger partial charge in [-0.15, -0.1) is 11.8 Å². The molecule has 0 saturated heterocycles. The second kappa shape index (κ2) is 8.44. The van der Waals surface area contributed by atoms with Gasteiger partial charge in [0.2, 0.25) is 5.95 Å². The van der Waals surface area contributed by atoms with Gasteiger partial charge in [-0.05, 0) is 31.2 Å². The first-order valence-corrected chi connectivity index (χ1v) is 10.7. The van der Waals surface area contributed by atoms with Crippen LogP contribution < -0.4 is 10.6 Å². The Labute approximate surface area is 164 Å². The standard InChI is InChI=1S/C22H24N4S/c1-27-20-14-8-7-13-18(20)24-21-15-19(16-9-3-2-4-10-16)25-22(26-21)23-17-11-5-6-12-17/h2-4,7-10,13-15,17H,5-6,11-12H2,1H3,(H2,23,24,25,26). The summed E-state index contributed by atoms with van der Waals surface area (Å²) in [4.78, 5) is 10.7. The summed E-state index contributed by atoms with van der Waals surface area (Å²) >= 11 is 1.72. The van der Waals surface area contributed by atoms with Gasteiger partial charge in [0.1, 0.15) is 5.82 Å². The first kappa shape index (κ1) is 17.9. The van der Waals surface area contributed by atoms with Gasteiger partial charge in [0, 0.05) is 22.6 Å². The number of thioether (sulfide) groups is 1. The Kier molecular flexibility index (Phi) is 5.58. The third-order valence-electron chi connectivity index (χ3n) is 4.85. The molecule has 0 unspecified atom stereocenters. The summed E-state index contributed by atoms with van der Waals surface area (Å²) in [6.07, 6.45) is 7.03. The van der Waals surface area contributed by atoms with Crippen molar-refractivity contribution in [3.8, 4) is 11.3 Å². The number of nitrogens with one attached hydrogen (secondary N) is 2. The van der Waals surface area contributed by atoms with Crippen LogP contribution in [-0.4, -0.2) is 22.3 Å². The van der Waals surface area contributed by atoms with E-state index in [9.17, 15) is 0 Å². The molecule has 1 heterocycles. The van der Waals surface area contributed by atoms with Crippen molar-refractivity contribution in [2.24, 2.45) is 0 Å². The molecule has 2 aromatic carbocycles. The summed E-state index contributed by atoms with van der Waals surface area (Å²) in [5, 5.41) is 7.03. The van der Waals surface area contributed by atoms with Gasteiger partial charge >= 0.3 is 0 Å². The predicted molar refractivity (Wildman–Crippen MR) is 115 cm³/mol. The lowest BCUT2D eigenvalue weighted by molar-refractivity contribution is 0.744. The number of para-hydroxylation sites is 1. The van der Waals surface area contributed by atoms with Gasteiger partial charge in [0.25, 0.3) is 0 Å². The maximum atomic E-state index is 4.78. The Balaban J connectivity index is 1.68. The minimum absolute atomic E-state index is 0.474. The Morgan fingerprint density at radius 2 is 1.67 bits per heavy atom. The molecule has 0 aliphatic heterocycles. The van der Waals surface area contributed by atoms with E-state index in [0.29, 0.717) is 12.0 Å². The van der Waals surface area contributed by atoms with Gasteiger partial charge < -0.3 is 10.6 Å². The van der Waals surface area contributed by atoms with Crippen molar-refractivity contribution < 1.29 is 0 Å². The summed E-state index contributed by atoms with van der Waals surface area (Å²) in [5.74, 6) is 1.51. The lowest BCUT2D eigenvalue weighted by atomic mass is 10.1. The van der Waals surface area contributed by atoms with E-state index in [1.54, 1.807) is 11.8 Å². The van der Waals surface area contributed by atoms with Crippen LogP contribution in [0.4, 0.5) is 17.5 Å². The van der Waals surface area contributed by atoms with E-state index in [4.69, 9.17) is 9.97 Å². The highest BCUT2D eigenvalue weighted by molar-refractivity contribution is 7.98. The SMILES string of the molecule is CSc1ccccc1Nc1cc(-c2ccccc2)nc(NC2CCCC2)n1. The minimum Gasteiger partial charge on any atom is -0.351 e. The number of rotatable bonds is 6. The second-order valence-electron chi connectivity index (χ2n) is 6.78. The van der Waals surface area contributed by atoms with Crippen molar-refractivity contribution in [2.45, 2.75) is 36.6 Å². The molecule has 0 bridgehead atoms. The van der Waals surface area contributed by atoms with E-state index in [1.807, 2.05) is 30.3 Å². The molecule has 1 aromatic heterocycles. The van der Waals surface area contributed by atoms with E-state index < -0.39 is 0 Å². The summed E-state index contributed by atoms with van der Waals surface area (Å²) < 4.78 is 0. The third kappa shape index (κ3) is 4.42. The zero-order chi connectivity index (χ0) is 18.5. The van der Waals surface area contributed by atoms with Gasteiger partial charge in [0.05, 0.1) is 11.4 Å². The largest absolute Gasteiger partial charge is 0.351 e. The fraction of sp³-hybridized carbons (Fsp3) is 0.273. The van der Waals surface area contributed by atoms with E-state index in [1.165, 1.54) is 30.6 Å². The summed E-state index contributed by atoms with van der Waals surface area (Å²) in [5.41, 5.74) is 3.08. The average Bonchev–Trinajstić information content (AvgIpc) is 3.22. The zero-order valence-corrected chi connectivity index (χ0v) is 16.3. The van der Waals surface area contributed by atoms with Crippen LogP contribution in [0.3, 0.4) is 0 Å². The smallest absolute Gasteiger partial charge is 0.225 e. The molecule has 1 aliphatic rings. The van der Waals surface area contributed by atoms with E-state index in [-0.39, 0.29) is 0 Å².